The normalized spacial score (nSPS) is 9.07. The number of carbonyl (C=O) groups is 1. The highest BCUT2D eigenvalue weighted by atomic mass is 35.5. The number of hydrogen-bond donors (Lipinski definition) is 1. The number of nitrogens with two attached hydrogens (primary N) is 1. The lowest BCUT2D eigenvalue weighted by molar-refractivity contribution is -0.112. The van der Waals surface area contributed by atoms with Crippen LogP contribution in [0.5, 0.6) is 0 Å². The lowest BCUT2D eigenvalue weighted by atomic mass is 10.1. The van der Waals surface area contributed by atoms with Crippen molar-refractivity contribution in [1.82, 2.24) is 0 Å². The highest BCUT2D eigenvalue weighted by Crippen LogP contribution is 2.19. The number of aryl methyl sites for hydroxylation is 1. The maximum atomic E-state index is 13.0. The second-order valence-electron chi connectivity index (χ2n) is 2.70. The molecule has 14 heavy (non-hydrogen) atoms. The van der Waals surface area contributed by atoms with E-state index in [0.29, 0.717) is 10.6 Å². The fourth-order valence-electron chi connectivity index (χ4n) is 0.871. The van der Waals surface area contributed by atoms with Crippen LogP contribution < -0.4 is 5.73 Å². The van der Waals surface area contributed by atoms with Gasteiger partial charge in [0, 0.05) is 11.5 Å². The van der Waals surface area contributed by atoms with E-state index in [0.717, 1.165) is 0 Å². The molecule has 0 aliphatic carbocycles. The molecule has 0 aromatic heterocycles. The van der Waals surface area contributed by atoms with Gasteiger partial charge in [-0.2, -0.15) is 0 Å². The van der Waals surface area contributed by atoms with Crippen molar-refractivity contribution >= 4 is 17.5 Å². The van der Waals surface area contributed by atoms with Crippen molar-refractivity contribution in [3.63, 3.8) is 0 Å². The van der Waals surface area contributed by atoms with Gasteiger partial charge in [0.25, 0.3) is 5.91 Å². The van der Waals surface area contributed by atoms with Gasteiger partial charge in [0.05, 0.1) is 5.02 Å². The van der Waals surface area contributed by atoms with E-state index in [4.69, 9.17) is 17.3 Å². The molecule has 0 unspecified atom stereocenters. The van der Waals surface area contributed by atoms with Gasteiger partial charge in [-0.05, 0) is 24.6 Å². The first-order chi connectivity index (χ1) is 6.50. The van der Waals surface area contributed by atoms with Crippen LogP contribution in [-0.2, 0) is 4.79 Å². The molecule has 0 saturated heterocycles. The Morgan fingerprint density at radius 1 is 1.57 bits per heavy atom. The molecule has 0 saturated carbocycles. The monoisotopic (exact) mass is 211 g/mol. The second kappa shape index (κ2) is 4.12. The number of benzene rings is 1. The summed E-state index contributed by atoms with van der Waals surface area (Å²) in [5.41, 5.74) is 5.50. The van der Waals surface area contributed by atoms with Crippen molar-refractivity contribution < 1.29 is 9.18 Å². The Hall–Kier alpha value is -1.53. The summed E-state index contributed by atoms with van der Waals surface area (Å²) in [6, 6.07) is 2.62. The molecule has 0 spiro atoms. The van der Waals surface area contributed by atoms with Gasteiger partial charge in [-0.3, -0.25) is 4.79 Å². The van der Waals surface area contributed by atoms with Gasteiger partial charge in [-0.25, -0.2) is 4.39 Å². The molecule has 0 fully saturated rings. The standard InChI is InChI=1S/C10H7ClFNO/c1-6-4-8(11)7(5-9(6)12)2-3-10(13)14/h4-5H,1H3,(H2,13,14). The minimum Gasteiger partial charge on any atom is -0.359 e. The van der Waals surface area contributed by atoms with E-state index in [1.165, 1.54) is 12.1 Å². The molecule has 1 aromatic rings. The zero-order chi connectivity index (χ0) is 10.7. The van der Waals surface area contributed by atoms with Crippen LogP contribution in [0, 0.1) is 24.6 Å². The first-order valence-electron chi connectivity index (χ1n) is 3.78. The molecule has 0 aliphatic rings. The second-order valence-corrected chi connectivity index (χ2v) is 3.10. The third-order valence-electron chi connectivity index (χ3n) is 1.57. The molecule has 0 radical (unpaired) electrons. The van der Waals surface area contributed by atoms with Gasteiger partial charge in [0.2, 0.25) is 0 Å². The smallest absolute Gasteiger partial charge is 0.293 e. The summed E-state index contributed by atoms with van der Waals surface area (Å²) in [6.45, 7) is 1.59. The number of primary amides is 1. The minimum absolute atomic E-state index is 0.258. The number of rotatable bonds is 0. The molecular weight excluding hydrogens is 205 g/mol. The van der Waals surface area contributed by atoms with Crippen molar-refractivity contribution in [1.29, 1.82) is 0 Å². The van der Waals surface area contributed by atoms with E-state index in [1.807, 2.05) is 0 Å². The van der Waals surface area contributed by atoms with E-state index < -0.39 is 11.7 Å². The van der Waals surface area contributed by atoms with E-state index in [2.05, 4.69) is 11.8 Å². The van der Waals surface area contributed by atoms with E-state index in [-0.39, 0.29) is 5.56 Å². The molecule has 72 valence electrons. The van der Waals surface area contributed by atoms with Crippen molar-refractivity contribution in [2.75, 3.05) is 0 Å². The lowest BCUT2D eigenvalue weighted by Gasteiger charge is -1.99. The average Bonchev–Trinajstić information content (AvgIpc) is 2.09. The van der Waals surface area contributed by atoms with Gasteiger partial charge in [-0.1, -0.05) is 17.5 Å². The predicted octanol–water partition coefficient (Wildman–Crippen LogP) is 1.62. The van der Waals surface area contributed by atoms with Crippen LogP contribution in [0.25, 0.3) is 0 Å². The Morgan fingerprint density at radius 2 is 2.21 bits per heavy atom. The lowest BCUT2D eigenvalue weighted by Crippen LogP contribution is -2.06. The molecular formula is C10H7ClFNO. The molecule has 0 aliphatic heterocycles. The van der Waals surface area contributed by atoms with Gasteiger partial charge in [-0.15, -0.1) is 0 Å². The topological polar surface area (TPSA) is 43.1 Å². The number of amides is 1. The minimum atomic E-state index is -0.776. The number of carbonyl (C=O) groups excluding carboxylic acids is 1. The van der Waals surface area contributed by atoms with Gasteiger partial charge >= 0.3 is 0 Å². The van der Waals surface area contributed by atoms with Crippen LogP contribution >= 0.6 is 11.6 Å². The van der Waals surface area contributed by atoms with Crippen molar-refractivity contribution in [3.8, 4) is 11.8 Å². The maximum Gasteiger partial charge on any atom is 0.293 e. The fourth-order valence-corrected chi connectivity index (χ4v) is 1.14. The van der Waals surface area contributed by atoms with Crippen molar-refractivity contribution in [3.05, 3.63) is 34.1 Å². The Morgan fingerprint density at radius 3 is 2.79 bits per heavy atom. The third-order valence-corrected chi connectivity index (χ3v) is 1.88. The maximum absolute atomic E-state index is 13.0. The third kappa shape index (κ3) is 2.48. The predicted molar refractivity (Wildman–Crippen MR) is 52.2 cm³/mol. The Kier molecular flexibility index (Phi) is 3.10. The van der Waals surface area contributed by atoms with E-state index in [9.17, 15) is 9.18 Å². The number of hydrogen-bond acceptors (Lipinski definition) is 1. The van der Waals surface area contributed by atoms with Crippen LogP contribution in [0.2, 0.25) is 5.02 Å². The Labute approximate surface area is 85.9 Å². The average molecular weight is 212 g/mol. The molecule has 2 N–H and O–H groups in total. The fraction of sp³-hybridized carbons (Fsp3) is 0.100. The Bertz CT molecular complexity index is 445. The molecule has 0 bridgehead atoms. The summed E-state index contributed by atoms with van der Waals surface area (Å²) in [6.07, 6.45) is 0. The quantitative estimate of drug-likeness (QED) is 0.652. The summed E-state index contributed by atoms with van der Waals surface area (Å²) in [7, 11) is 0. The summed E-state index contributed by atoms with van der Waals surface area (Å²) in [5.74, 6) is 3.28. The highest BCUT2D eigenvalue weighted by molar-refractivity contribution is 6.31. The van der Waals surface area contributed by atoms with Crippen molar-refractivity contribution in [2.45, 2.75) is 6.92 Å². The molecule has 0 atom stereocenters. The van der Waals surface area contributed by atoms with Crippen LogP contribution in [-0.4, -0.2) is 5.91 Å². The molecule has 0 heterocycles. The zero-order valence-electron chi connectivity index (χ0n) is 7.40. The van der Waals surface area contributed by atoms with Gasteiger partial charge in [0.15, 0.2) is 0 Å². The van der Waals surface area contributed by atoms with Crippen molar-refractivity contribution in [2.24, 2.45) is 5.73 Å². The molecule has 1 aromatic carbocycles. The number of halogens is 2. The Balaban J connectivity index is 3.18. The van der Waals surface area contributed by atoms with E-state index in [1.54, 1.807) is 6.92 Å². The van der Waals surface area contributed by atoms with Crippen LogP contribution in [0.1, 0.15) is 11.1 Å². The summed E-state index contributed by atoms with van der Waals surface area (Å²) >= 11 is 5.76. The van der Waals surface area contributed by atoms with Gasteiger partial charge in [0.1, 0.15) is 5.82 Å². The molecule has 1 amide bonds. The molecule has 2 nitrogen and oxygen atoms in total. The summed E-state index contributed by atoms with van der Waals surface area (Å²) in [4.78, 5) is 10.3. The van der Waals surface area contributed by atoms with Crippen LogP contribution in [0.4, 0.5) is 4.39 Å². The molecule has 1 rings (SSSR count). The van der Waals surface area contributed by atoms with Gasteiger partial charge < -0.3 is 5.73 Å². The first-order valence-corrected chi connectivity index (χ1v) is 4.15. The first kappa shape index (κ1) is 10.6. The summed E-state index contributed by atoms with van der Waals surface area (Å²) in [5, 5.41) is 0.303. The zero-order valence-corrected chi connectivity index (χ0v) is 8.15. The molecule has 4 heteroatoms. The summed E-state index contributed by atoms with van der Waals surface area (Å²) < 4.78 is 13.0. The highest BCUT2D eigenvalue weighted by Gasteiger charge is 2.03. The van der Waals surface area contributed by atoms with Crippen LogP contribution in [0.3, 0.4) is 0 Å². The van der Waals surface area contributed by atoms with Crippen LogP contribution in [0.15, 0.2) is 12.1 Å². The van der Waals surface area contributed by atoms with E-state index >= 15 is 0 Å². The SMILES string of the molecule is Cc1cc(Cl)c(C#CC(N)=O)cc1F. The largest absolute Gasteiger partial charge is 0.359 e.